The van der Waals surface area contributed by atoms with Crippen molar-refractivity contribution in [3.05, 3.63) is 33.9 Å². The molecule has 0 saturated carbocycles. The highest BCUT2D eigenvalue weighted by molar-refractivity contribution is 5.94. The zero-order chi connectivity index (χ0) is 12.3. The quantitative estimate of drug-likeness (QED) is 0.733. The van der Waals surface area contributed by atoms with Gasteiger partial charge in [0.05, 0.1) is 12.7 Å². The van der Waals surface area contributed by atoms with E-state index in [2.05, 4.69) is 0 Å². The van der Waals surface area contributed by atoms with E-state index in [0.717, 1.165) is 0 Å². The zero-order valence-electron chi connectivity index (χ0n) is 9.79. The number of carbonyl (C=O) groups is 1. The number of allylic oxidation sites excluding steroid dienone is 2. The number of ketones is 1. The lowest BCUT2D eigenvalue weighted by Gasteiger charge is -2.05. The first-order valence-electron chi connectivity index (χ1n) is 4.83. The van der Waals surface area contributed by atoms with Gasteiger partial charge in [0, 0.05) is 6.07 Å². The van der Waals surface area contributed by atoms with Crippen LogP contribution < -0.4 is 10.4 Å². The van der Waals surface area contributed by atoms with Crippen molar-refractivity contribution >= 4 is 11.4 Å². The number of carbonyl (C=O) groups excluding carboxylic acids is 1. The molecular weight excluding hydrogens is 208 g/mol. The minimum absolute atomic E-state index is 0.0975. The molecule has 0 N–H and O–H groups in total. The van der Waals surface area contributed by atoms with E-state index in [1.165, 1.54) is 20.1 Å². The minimum Gasteiger partial charge on any atom is -0.496 e. The summed E-state index contributed by atoms with van der Waals surface area (Å²) in [6, 6.07) is 1.60. The maximum absolute atomic E-state index is 11.5. The molecule has 0 atom stereocenters. The molecular formula is C12H14O4. The monoisotopic (exact) mass is 222 g/mol. The number of rotatable bonds is 3. The van der Waals surface area contributed by atoms with Gasteiger partial charge in [0.25, 0.3) is 0 Å². The molecule has 0 fully saturated rings. The molecule has 0 aliphatic carbocycles. The van der Waals surface area contributed by atoms with Crippen molar-refractivity contribution in [3.8, 4) is 5.75 Å². The van der Waals surface area contributed by atoms with Gasteiger partial charge in [-0.3, -0.25) is 4.79 Å². The van der Waals surface area contributed by atoms with E-state index < -0.39 is 5.63 Å². The molecule has 0 aliphatic rings. The molecule has 1 aromatic rings. The van der Waals surface area contributed by atoms with Crippen LogP contribution in [0.15, 0.2) is 21.4 Å². The fraction of sp³-hybridized carbons (Fsp3) is 0.333. The van der Waals surface area contributed by atoms with Gasteiger partial charge in [-0.05, 0) is 32.4 Å². The van der Waals surface area contributed by atoms with Crippen LogP contribution in [0.1, 0.15) is 25.2 Å². The van der Waals surface area contributed by atoms with Gasteiger partial charge in [0.2, 0.25) is 0 Å². The van der Waals surface area contributed by atoms with Crippen molar-refractivity contribution in [1.82, 2.24) is 0 Å². The Balaban J connectivity index is 3.32. The van der Waals surface area contributed by atoms with Crippen LogP contribution in [0.4, 0.5) is 0 Å². The van der Waals surface area contributed by atoms with E-state index in [1.807, 2.05) is 0 Å². The second kappa shape index (κ2) is 4.79. The molecule has 4 nitrogen and oxygen atoms in total. The number of hydrogen-bond acceptors (Lipinski definition) is 4. The minimum atomic E-state index is -0.453. The summed E-state index contributed by atoms with van der Waals surface area (Å²) in [5.74, 6) is 0.713. The number of methoxy groups -OCH3 is 1. The van der Waals surface area contributed by atoms with Crippen LogP contribution in [0, 0.1) is 6.92 Å². The second-order valence-corrected chi connectivity index (χ2v) is 3.53. The van der Waals surface area contributed by atoms with E-state index in [4.69, 9.17) is 9.15 Å². The molecule has 1 rings (SSSR count). The van der Waals surface area contributed by atoms with E-state index >= 15 is 0 Å². The van der Waals surface area contributed by atoms with Crippen LogP contribution in [-0.2, 0) is 4.79 Å². The summed E-state index contributed by atoms with van der Waals surface area (Å²) in [5, 5.41) is 0. The van der Waals surface area contributed by atoms with Crippen LogP contribution in [0.3, 0.4) is 0 Å². The molecule has 0 radical (unpaired) electrons. The lowest BCUT2D eigenvalue weighted by atomic mass is 10.1. The average molecular weight is 222 g/mol. The van der Waals surface area contributed by atoms with E-state index in [-0.39, 0.29) is 5.78 Å². The van der Waals surface area contributed by atoms with Crippen LogP contribution in [0.2, 0.25) is 0 Å². The highest BCUT2D eigenvalue weighted by Crippen LogP contribution is 2.20. The van der Waals surface area contributed by atoms with Crippen LogP contribution in [0.25, 0.3) is 5.57 Å². The standard InChI is InChI=1S/C12H14O4/c1-7(5-8(2)13)10-6-11(15-4)9(3)12(14)16-10/h5-6H,1-4H3/b7-5+. The molecule has 86 valence electrons. The summed E-state index contributed by atoms with van der Waals surface area (Å²) in [5.41, 5.74) is 0.565. The molecule has 0 saturated heterocycles. The topological polar surface area (TPSA) is 56.5 Å². The Kier molecular flexibility index (Phi) is 3.66. The van der Waals surface area contributed by atoms with Gasteiger partial charge in [0.1, 0.15) is 11.5 Å². The van der Waals surface area contributed by atoms with Crippen molar-refractivity contribution in [2.45, 2.75) is 20.8 Å². The summed E-state index contributed by atoms with van der Waals surface area (Å²) in [4.78, 5) is 22.4. The Morgan fingerprint density at radius 2 is 2.06 bits per heavy atom. The lowest BCUT2D eigenvalue weighted by molar-refractivity contribution is -0.112. The van der Waals surface area contributed by atoms with E-state index in [0.29, 0.717) is 22.6 Å². The molecule has 0 spiro atoms. The molecule has 1 heterocycles. The Morgan fingerprint density at radius 3 is 2.56 bits per heavy atom. The molecule has 4 heteroatoms. The van der Waals surface area contributed by atoms with E-state index in [1.54, 1.807) is 19.9 Å². The Labute approximate surface area is 93.5 Å². The van der Waals surface area contributed by atoms with Crippen molar-refractivity contribution in [3.63, 3.8) is 0 Å². The summed E-state index contributed by atoms with van der Waals surface area (Å²) in [6.45, 7) is 4.76. The number of hydrogen-bond donors (Lipinski definition) is 0. The zero-order valence-corrected chi connectivity index (χ0v) is 9.79. The second-order valence-electron chi connectivity index (χ2n) is 3.53. The van der Waals surface area contributed by atoms with E-state index in [9.17, 15) is 9.59 Å². The van der Waals surface area contributed by atoms with Gasteiger partial charge in [-0.2, -0.15) is 0 Å². The third kappa shape index (κ3) is 2.59. The van der Waals surface area contributed by atoms with Crippen molar-refractivity contribution in [2.24, 2.45) is 0 Å². The van der Waals surface area contributed by atoms with Gasteiger partial charge in [0.15, 0.2) is 5.78 Å². The van der Waals surface area contributed by atoms with Crippen molar-refractivity contribution < 1.29 is 13.9 Å². The first-order chi connectivity index (χ1) is 7.45. The predicted octanol–water partition coefficient (Wildman–Crippen LogP) is 1.95. The maximum Gasteiger partial charge on any atom is 0.342 e. The molecule has 0 amide bonds. The largest absolute Gasteiger partial charge is 0.496 e. The third-order valence-electron chi connectivity index (χ3n) is 2.17. The van der Waals surface area contributed by atoms with Gasteiger partial charge < -0.3 is 9.15 Å². The average Bonchev–Trinajstić information content (AvgIpc) is 2.20. The maximum atomic E-state index is 11.5. The Morgan fingerprint density at radius 1 is 1.44 bits per heavy atom. The molecule has 0 aromatic carbocycles. The smallest absolute Gasteiger partial charge is 0.342 e. The summed E-state index contributed by atoms with van der Waals surface area (Å²) >= 11 is 0. The fourth-order valence-corrected chi connectivity index (χ4v) is 1.32. The molecule has 0 unspecified atom stereocenters. The summed E-state index contributed by atoms with van der Waals surface area (Å²) < 4.78 is 10.1. The highest BCUT2D eigenvalue weighted by Gasteiger charge is 2.09. The molecule has 0 aliphatic heterocycles. The van der Waals surface area contributed by atoms with Crippen LogP contribution in [-0.4, -0.2) is 12.9 Å². The fourth-order valence-electron chi connectivity index (χ4n) is 1.32. The highest BCUT2D eigenvalue weighted by atomic mass is 16.5. The van der Waals surface area contributed by atoms with Gasteiger partial charge in [-0.1, -0.05) is 0 Å². The van der Waals surface area contributed by atoms with Crippen LogP contribution in [0.5, 0.6) is 5.75 Å². The van der Waals surface area contributed by atoms with Gasteiger partial charge in [-0.25, -0.2) is 4.79 Å². The Bertz CT molecular complexity index is 494. The van der Waals surface area contributed by atoms with Crippen molar-refractivity contribution in [2.75, 3.05) is 7.11 Å². The first-order valence-corrected chi connectivity index (χ1v) is 4.83. The molecule has 0 bridgehead atoms. The molecule has 1 aromatic heterocycles. The third-order valence-corrected chi connectivity index (χ3v) is 2.17. The molecule has 16 heavy (non-hydrogen) atoms. The summed E-state index contributed by atoms with van der Waals surface area (Å²) in [6.07, 6.45) is 1.41. The van der Waals surface area contributed by atoms with Gasteiger partial charge in [-0.15, -0.1) is 0 Å². The normalized spacial score (nSPS) is 11.4. The van der Waals surface area contributed by atoms with Crippen molar-refractivity contribution in [1.29, 1.82) is 0 Å². The van der Waals surface area contributed by atoms with Crippen LogP contribution >= 0.6 is 0 Å². The predicted molar refractivity (Wildman–Crippen MR) is 60.6 cm³/mol. The van der Waals surface area contributed by atoms with Gasteiger partial charge >= 0.3 is 5.63 Å². The SMILES string of the molecule is COc1cc(/C(C)=C/C(C)=O)oc(=O)c1C. The number of ether oxygens (including phenoxy) is 1. The lowest BCUT2D eigenvalue weighted by Crippen LogP contribution is -2.07. The Hall–Kier alpha value is -1.84. The summed E-state index contributed by atoms with van der Waals surface area (Å²) in [7, 11) is 1.48. The first kappa shape index (κ1) is 12.2.